The fourth-order valence-electron chi connectivity index (χ4n) is 1.83. The second kappa shape index (κ2) is 4.92. The number of anilines is 1. The van der Waals surface area contributed by atoms with Crippen molar-refractivity contribution in [2.24, 2.45) is 5.73 Å². The standard InChI is InChI=1S/C10H18N4S/c1-9-8-15-10(12-9)14-6-4-13(3-2-11)5-7-14/h8H,2-7,11H2,1H3. The molecular formula is C10H18N4S. The SMILES string of the molecule is Cc1csc(N2CCN(CCN)CC2)n1. The van der Waals surface area contributed by atoms with Crippen LogP contribution in [0, 0.1) is 6.92 Å². The molecule has 4 nitrogen and oxygen atoms in total. The number of aromatic nitrogens is 1. The van der Waals surface area contributed by atoms with Crippen molar-refractivity contribution in [1.82, 2.24) is 9.88 Å². The Bertz CT molecular complexity index is 304. The summed E-state index contributed by atoms with van der Waals surface area (Å²) < 4.78 is 0. The average Bonchev–Trinajstić information content (AvgIpc) is 2.67. The van der Waals surface area contributed by atoms with Gasteiger partial charge in [0.2, 0.25) is 0 Å². The van der Waals surface area contributed by atoms with Crippen molar-refractivity contribution in [1.29, 1.82) is 0 Å². The number of piperazine rings is 1. The second-order valence-corrected chi connectivity index (χ2v) is 4.73. The van der Waals surface area contributed by atoms with E-state index in [1.165, 1.54) is 5.13 Å². The average molecular weight is 226 g/mol. The van der Waals surface area contributed by atoms with Crippen molar-refractivity contribution in [2.75, 3.05) is 44.2 Å². The van der Waals surface area contributed by atoms with Gasteiger partial charge in [-0.15, -0.1) is 11.3 Å². The van der Waals surface area contributed by atoms with Gasteiger partial charge in [0.25, 0.3) is 0 Å². The summed E-state index contributed by atoms with van der Waals surface area (Å²) in [6.45, 7) is 8.19. The van der Waals surface area contributed by atoms with Crippen LogP contribution in [0.5, 0.6) is 0 Å². The highest BCUT2D eigenvalue weighted by molar-refractivity contribution is 7.13. The summed E-state index contributed by atoms with van der Waals surface area (Å²) in [7, 11) is 0. The first-order valence-corrected chi connectivity index (χ1v) is 6.27. The van der Waals surface area contributed by atoms with Gasteiger partial charge in [-0.3, -0.25) is 4.90 Å². The third-order valence-electron chi connectivity index (χ3n) is 2.70. The van der Waals surface area contributed by atoms with Crippen molar-refractivity contribution in [3.8, 4) is 0 Å². The van der Waals surface area contributed by atoms with Crippen LogP contribution >= 0.6 is 11.3 Å². The normalized spacial score (nSPS) is 18.4. The minimum atomic E-state index is 0.760. The molecule has 0 atom stereocenters. The van der Waals surface area contributed by atoms with Gasteiger partial charge >= 0.3 is 0 Å². The summed E-state index contributed by atoms with van der Waals surface area (Å²) in [6, 6.07) is 0. The third-order valence-corrected chi connectivity index (χ3v) is 3.71. The minimum Gasteiger partial charge on any atom is -0.346 e. The van der Waals surface area contributed by atoms with Crippen molar-refractivity contribution < 1.29 is 0 Å². The van der Waals surface area contributed by atoms with E-state index in [4.69, 9.17) is 5.73 Å². The van der Waals surface area contributed by atoms with Crippen LogP contribution in [0.4, 0.5) is 5.13 Å². The summed E-state index contributed by atoms with van der Waals surface area (Å²) >= 11 is 1.74. The van der Waals surface area contributed by atoms with E-state index in [1.807, 2.05) is 6.92 Å². The van der Waals surface area contributed by atoms with Gasteiger partial charge in [-0.2, -0.15) is 0 Å². The highest BCUT2D eigenvalue weighted by Gasteiger charge is 2.18. The van der Waals surface area contributed by atoms with Crippen LogP contribution in [0.25, 0.3) is 0 Å². The molecule has 0 spiro atoms. The monoisotopic (exact) mass is 226 g/mol. The molecule has 1 fully saturated rings. The van der Waals surface area contributed by atoms with E-state index in [-0.39, 0.29) is 0 Å². The Kier molecular flexibility index (Phi) is 3.56. The fraction of sp³-hybridized carbons (Fsp3) is 0.700. The van der Waals surface area contributed by atoms with Crippen LogP contribution in [-0.4, -0.2) is 49.2 Å². The lowest BCUT2D eigenvalue weighted by Gasteiger charge is -2.34. The van der Waals surface area contributed by atoms with Crippen LogP contribution in [0.2, 0.25) is 0 Å². The number of aryl methyl sites for hydroxylation is 1. The van der Waals surface area contributed by atoms with Gasteiger partial charge in [0.15, 0.2) is 5.13 Å². The Hall–Kier alpha value is -0.650. The van der Waals surface area contributed by atoms with Crippen molar-refractivity contribution >= 4 is 16.5 Å². The molecule has 0 unspecified atom stereocenters. The minimum absolute atomic E-state index is 0.760. The third kappa shape index (κ3) is 2.68. The molecule has 1 aliphatic heterocycles. The number of rotatable bonds is 3. The van der Waals surface area contributed by atoms with Gasteiger partial charge < -0.3 is 10.6 Å². The zero-order chi connectivity index (χ0) is 10.7. The maximum absolute atomic E-state index is 5.54. The number of nitrogens with zero attached hydrogens (tertiary/aromatic N) is 3. The predicted octanol–water partition coefficient (Wildman–Crippen LogP) is 0.532. The Morgan fingerprint density at radius 1 is 1.40 bits per heavy atom. The molecule has 1 aromatic heterocycles. The molecule has 2 rings (SSSR count). The molecule has 1 aromatic rings. The maximum atomic E-state index is 5.54. The fourth-order valence-corrected chi connectivity index (χ4v) is 2.69. The summed E-state index contributed by atoms with van der Waals surface area (Å²) in [5.74, 6) is 0. The first kappa shape index (κ1) is 10.9. The molecule has 0 bridgehead atoms. The Morgan fingerprint density at radius 3 is 2.67 bits per heavy atom. The van der Waals surface area contributed by atoms with E-state index in [0.717, 1.165) is 45.0 Å². The molecule has 15 heavy (non-hydrogen) atoms. The molecule has 1 saturated heterocycles. The first-order valence-electron chi connectivity index (χ1n) is 5.39. The van der Waals surface area contributed by atoms with Crippen LogP contribution in [0.1, 0.15) is 5.69 Å². The molecule has 84 valence electrons. The zero-order valence-corrected chi connectivity index (χ0v) is 9.96. The largest absolute Gasteiger partial charge is 0.346 e. The zero-order valence-electron chi connectivity index (χ0n) is 9.15. The van der Waals surface area contributed by atoms with Gasteiger partial charge in [0.1, 0.15) is 0 Å². The van der Waals surface area contributed by atoms with Crippen molar-refractivity contribution in [2.45, 2.75) is 6.92 Å². The van der Waals surface area contributed by atoms with Crippen LogP contribution in [0.3, 0.4) is 0 Å². The van der Waals surface area contributed by atoms with E-state index in [9.17, 15) is 0 Å². The number of hydrogen-bond acceptors (Lipinski definition) is 5. The number of nitrogens with two attached hydrogens (primary N) is 1. The smallest absolute Gasteiger partial charge is 0.185 e. The van der Waals surface area contributed by atoms with Gasteiger partial charge in [0, 0.05) is 44.6 Å². The molecule has 0 radical (unpaired) electrons. The Balaban J connectivity index is 1.88. The van der Waals surface area contributed by atoms with Gasteiger partial charge in [-0.25, -0.2) is 4.98 Å². The van der Waals surface area contributed by atoms with Crippen LogP contribution in [-0.2, 0) is 0 Å². The van der Waals surface area contributed by atoms with E-state index < -0.39 is 0 Å². The molecule has 0 aromatic carbocycles. The number of hydrogen-bond donors (Lipinski definition) is 1. The van der Waals surface area contributed by atoms with Crippen molar-refractivity contribution in [3.63, 3.8) is 0 Å². The van der Waals surface area contributed by atoms with Gasteiger partial charge in [-0.05, 0) is 6.92 Å². The second-order valence-electron chi connectivity index (χ2n) is 3.89. The topological polar surface area (TPSA) is 45.4 Å². The first-order chi connectivity index (χ1) is 7.29. The Labute approximate surface area is 94.7 Å². The van der Waals surface area contributed by atoms with Gasteiger partial charge in [-0.1, -0.05) is 0 Å². The molecule has 5 heteroatoms. The summed E-state index contributed by atoms with van der Waals surface area (Å²) in [5.41, 5.74) is 6.67. The Morgan fingerprint density at radius 2 is 2.13 bits per heavy atom. The lowest BCUT2D eigenvalue weighted by Crippen LogP contribution is -2.47. The van der Waals surface area contributed by atoms with Crippen LogP contribution < -0.4 is 10.6 Å². The highest BCUT2D eigenvalue weighted by atomic mass is 32.1. The van der Waals surface area contributed by atoms with Crippen molar-refractivity contribution in [3.05, 3.63) is 11.1 Å². The van der Waals surface area contributed by atoms with E-state index in [0.29, 0.717) is 0 Å². The predicted molar refractivity (Wildman–Crippen MR) is 64.6 cm³/mol. The summed E-state index contributed by atoms with van der Waals surface area (Å²) in [5, 5.41) is 3.28. The molecule has 0 aliphatic carbocycles. The maximum Gasteiger partial charge on any atom is 0.185 e. The van der Waals surface area contributed by atoms with E-state index in [2.05, 4.69) is 20.2 Å². The lowest BCUT2D eigenvalue weighted by molar-refractivity contribution is 0.265. The molecule has 0 saturated carbocycles. The van der Waals surface area contributed by atoms with E-state index in [1.54, 1.807) is 11.3 Å². The number of thiazole rings is 1. The molecule has 2 N–H and O–H groups in total. The molecule has 2 heterocycles. The van der Waals surface area contributed by atoms with Crippen LogP contribution in [0.15, 0.2) is 5.38 Å². The molecule has 1 aliphatic rings. The molecule has 0 amide bonds. The summed E-state index contributed by atoms with van der Waals surface area (Å²) in [6.07, 6.45) is 0. The highest BCUT2D eigenvalue weighted by Crippen LogP contribution is 2.21. The quantitative estimate of drug-likeness (QED) is 0.817. The molecular weight excluding hydrogens is 208 g/mol. The lowest BCUT2D eigenvalue weighted by atomic mass is 10.3. The summed E-state index contributed by atoms with van der Waals surface area (Å²) in [4.78, 5) is 9.29. The van der Waals surface area contributed by atoms with E-state index >= 15 is 0 Å². The van der Waals surface area contributed by atoms with Gasteiger partial charge in [0.05, 0.1) is 5.69 Å².